The molecule has 0 saturated heterocycles. The molecule has 1 atom stereocenters. The second-order valence-electron chi connectivity index (χ2n) is 6.16. The zero-order valence-corrected chi connectivity index (χ0v) is 14.8. The van der Waals surface area contributed by atoms with Gasteiger partial charge in [0.1, 0.15) is 0 Å². The molecule has 118 valence electrons. The summed E-state index contributed by atoms with van der Waals surface area (Å²) in [6, 6.07) is 0. The van der Waals surface area contributed by atoms with Crippen LogP contribution >= 0.6 is 0 Å². The van der Waals surface area contributed by atoms with Crippen molar-refractivity contribution in [2.24, 2.45) is 5.92 Å². The SMILES string of the molecule is CCCCC(C)CCC.CCCCCCCCCC. The Bertz CT molecular complexity index is 120. The van der Waals surface area contributed by atoms with Crippen molar-refractivity contribution in [3.8, 4) is 0 Å². The summed E-state index contributed by atoms with van der Waals surface area (Å²) in [6.07, 6.45) is 18.4. The maximum absolute atomic E-state index is 2.36. The lowest BCUT2D eigenvalue weighted by molar-refractivity contribution is 0.466. The highest BCUT2D eigenvalue weighted by Gasteiger charge is 1.97. The van der Waals surface area contributed by atoms with Crippen molar-refractivity contribution >= 4 is 0 Å². The third-order valence-corrected chi connectivity index (χ3v) is 3.79. The van der Waals surface area contributed by atoms with E-state index in [0.29, 0.717) is 0 Å². The van der Waals surface area contributed by atoms with Crippen molar-refractivity contribution in [1.29, 1.82) is 0 Å². The van der Waals surface area contributed by atoms with E-state index in [9.17, 15) is 0 Å². The average molecular weight is 271 g/mol. The molecule has 0 aliphatic carbocycles. The molecular weight excluding hydrogens is 228 g/mol. The first kappa shape index (κ1) is 21.3. The van der Waals surface area contributed by atoms with Crippen LogP contribution in [0.25, 0.3) is 0 Å². The van der Waals surface area contributed by atoms with E-state index >= 15 is 0 Å². The molecule has 0 saturated carbocycles. The molecule has 0 rings (SSSR count). The quantitative estimate of drug-likeness (QED) is 0.318. The minimum Gasteiger partial charge on any atom is -0.0654 e. The van der Waals surface area contributed by atoms with Crippen molar-refractivity contribution in [1.82, 2.24) is 0 Å². The molecular formula is C19H42. The fraction of sp³-hybridized carbons (Fsp3) is 1.00. The summed E-state index contributed by atoms with van der Waals surface area (Å²) >= 11 is 0. The van der Waals surface area contributed by atoms with Crippen LogP contribution in [-0.4, -0.2) is 0 Å². The third-order valence-electron chi connectivity index (χ3n) is 3.79. The van der Waals surface area contributed by atoms with Gasteiger partial charge in [-0.25, -0.2) is 0 Å². The lowest BCUT2D eigenvalue weighted by atomic mass is 10.00. The van der Waals surface area contributed by atoms with E-state index in [1.54, 1.807) is 0 Å². The Balaban J connectivity index is 0. The van der Waals surface area contributed by atoms with E-state index in [2.05, 4.69) is 34.6 Å². The molecule has 0 heterocycles. The van der Waals surface area contributed by atoms with Crippen molar-refractivity contribution in [3.63, 3.8) is 0 Å². The van der Waals surface area contributed by atoms with Gasteiger partial charge in [-0.05, 0) is 5.92 Å². The van der Waals surface area contributed by atoms with Gasteiger partial charge in [0.15, 0.2) is 0 Å². The van der Waals surface area contributed by atoms with Crippen molar-refractivity contribution in [3.05, 3.63) is 0 Å². The Kier molecular flexibility index (Phi) is 22.8. The summed E-state index contributed by atoms with van der Waals surface area (Å²) < 4.78 is 0. The van der Waals surface area contributed by atoms with Gasteiger partial charge in [0.2, 0.25) is 0 Å². The molecule has 0 heteroatoms. The zero-order valence-electron chi connectivity index (χ0n) is 14.8. The Morgan fingerprint density at radius 3 is 1.26 bits per heavy atom. The van der Waals surface area contributed by atoms with Gasteiger partial charge in [-0.15, -0.1) is 0 Å². The minimum atomic E-state index is 0.968. The van der Waals surface area contributed by atoms with Crippen molar-refractivity contribution < 1.29 is 0 Å². The summed E-state index contributed by atoms with van der Waals surface area (Å²) in [4.78, 5) is 0. The zero-order chi connectivity index (χ0) is 14.8. The van der Waals surface area contributed by atoms with Gasteiger partial charge in [0, 0.05) is 0 Å². The molecule has 0 radical (unpaired) electrons. The number of unbranched alkanes of at least 4 members (excludes halogenated alkanes) is 8. The molecule has 0 N–H and O–H groups in total. The highest BCUT2D eigenvalue weighted by Crippen LogP contribution is 2.12. The average Bonchev–Trinajstić information content (AvgIpc) is 2.41. The van der Waals surface area contributed by atoms with Crippen molar-refractivity contribution in [2.75, 3.05) is 0 Å². The Hall–Kier alpha value is 0. The van der Waals surface area contributed by atoms with E-state index in [4.69, 9.17) is 0 Å². The van der Waals surface area contributed by atoms with Gasteiger partial charge < -0.3 is 0 Å². The molecule has 0 bridgehead atoms. The fourth-order valence-corrected chi connectivity index (χ4v) is 2.40. The van der Waals surface area contributed by atoms with Gasteiger partial charge in [-0.1, -0.05) is 118 Å². The molecule has 0 amide bonds. The minimum absolute atomic E-state index is 0.968. The molecule has 0 fully saturated rings. The third kappa shape index (κ3) is 23.5. The van der Waals surface area contributed by atoms with Gasteiger partial charge in [-0.3, -0.25) is 0 Å². The molecule has 0 spiro atoms. The summed E-state index contributed by atoms with van der Waals surface area (Å²) in [5.74, 6) is 0.968. The number of hydrogen-bond donors (Lipinski definition) is 0. The van der Waals surface area contributed by atoms with Crippen LogP contribution in [0.2, 0.25) is 0 Å². The van der Waals surface area contributed by atoms with Crippen LogP contribution in [0.4, 0.5) is 0 Å². The summed E-state index contributed by atoms with van der Waals surface area (Å²) in [6.45, 7) is 11.4. The lowest BCUT2D eigenvalue weighted by Gasteiger charge is -2.07. The Morgan fingerprint density at radius 1 is 0.474 bits per heavy atom. The molecule has 0 aliphatic heterocycles. The maximum atomic E-state index is 2.36. The highest BCUT2D eigenvalue weighted by atomic mass is 14.0. The van der Waals surface area contributed by atoms with Crippen LogP contribution < -0.4 is 0 Å². The normalized spacial score (nSPS) is 11.8. The van der Waals surface area contributed by atoms with E-state index in [-0.39, 0.29) is 0 Å². The van der Waals surface area contributed by atoms with Crippen molar-refractivity contribution in [2.45, 2.75) is 118 Å². The monoisotopic (exact) mass is 270 g/mol. The van der Waals surface area contributed by atoms with Crippen LogP contribution in [-0.2, 0) is 0 Å². The van der Waals surface area contributed by atoms with E-state index in [1.807, 2.05) is 0 Å². The number of hydrogen-bond acceptors (Lipinski definition) is 0. The van der Waals surface area contributed by atoms with Crippen LogP contribution in [0.5, 0.6) is 0 Å². The van der Waals surface area contributed by atoms with E-state index < -0.39 is 0 Å². The van der Waals surface area contributed by atoms with Gasteiger partial charge in [0.25, 0.3) is 0 Å². The molecule has 0 aromatic heterocycles. The van der Waals surface area contributed by atoms with Gasteiger partial charge >= 0.3 is 0 Å². The second-order valence-corrected chi connectivity index (χ2v) is 6.16. The topological polar surface area (TPSA) is 0 Å². The van der Waals surface area contributed by atoms with Gasteiger partial charge in [0.05, 0.1) is 0 Å². The predicted octanol–water partition coefficient (Wildman–Crippen LogP) is 7.76. The first-order chi connectivity index (χ1) is 9.22. The van der Waals surface area contributed by atoms with Crippen LogP contribution in [0, 0.1) is 5.92 Å². The first-order valence-corrected chi connectivity index (χ1v) is 9.22. The smallest absolute Gasteiger partial charge is 0.0443 e. The molecule has 0 aromatic rings. The largest absolute Gasteiger partial charge is 0.0654 e. The second kappa shape index (κ2) is 20.3. The Morgan fingerprint density at radius 2 is 0.895 bits per heavy atom. The fourth-order valence-electron chi connectivity index (χ4n) is 2.40. The molecule has 0 aliphatic rings. The van der Waals surface area contributed by atoms with Gasteiger partial charge in [-0.2, -0.15) is 0 Å². The summed E-state index contributed by atoms with van der Waals surface area (Å²) in [5.41, 5.74) is 0. The highest BCUT2D eigenvalue weighted by molar-refractivity contribution is 4.50. The summed E-state index contributed by atoms with van der Waals surface area (Å²) in [7, 11) is 0. The predicted molar refractivity (Wildman–Crippen MR) is 91.9 cm³/mol. The standard InChI is InChI=1S/C10H22.C9H20/c1-3-5-7-9-10-8-6-4-2;1-4-6-8-9(3)7-5-2/h3-10H2,1-2H3;9H,4-8H2,1-3H3. The van der Waals surface area contributed by atoms with E-state index in [0.717, 1.165) is 5.92 Å². The molecule has 0 aromatic carbocycles. The number of rotatable bonds is 12. The van der Waals surface area contributed by atoms with E-state index in [1.165, 1.54) is 83.5 Å². The first-order valence-electron chi connectivity index (χ1n) is 9.22. The van der Waals surface area contributed by atoms with Crippen LogP contribution in [0.3, 0.4) is 0 Å². The van der Waals surface area contributed by atoms with Crippen LogP contribution in [0.15, 0.2) is 0 Å². The lowest BCUT2D eigenvalue weighted by Crippen LogP contribution is -1.92. The Labute approximate surface area is 124 Å². The molecule has 0 nitrogen and oxygen atoms in total. The summed E-state index contributed by atoms with van der Waals surface area (Å²) in [5, 5.41) is 0. The molecule has 1 unspecified atom stereocenters. The molecule has 19 heavy (non-hydrogen) atoms. The van der Waals surface area contributed by atoms with Crippen LogP contribution in [0.1, 0.15) is 118 Å². The maximum Gasteiger partial charge on any atom is -0.0443 e.